The molecule has 2 rings (SSSR count). The molecule has 1 aliphatic carbocycles. The Kier molecular flexibility index (Phi) is 4.35. The zero-order valence-corrected chi connectivity index (χ0v) is 12.2. The number of halogens is 1. The molecular weight excluding hydrogens is 260 g/mol. The second kappa shape index (κ2) is 5.83. The molecule has 3 nitrogen and oxygen atoms in total. The summed E-state index contributed by atoms with van der Waals surface area (Å²) in [5.74, 6) is 0.784. The van der Waals surface area contributed by atoms with Crippen molar-refractivity contribution in [3.8, 4) is 0 Å². The van der Waals surface area contributed by atoms with Crippen LogP contribution in [0, 0.1) is 11.8 Å². The van der Waals surface area contributed by atoms with Crippen LogP contribution in [-0.4, -0.2) is 11.9 Å². The third-order valence-corrected chi connectivity index (χ3v) is 4.44. The van der Waals surface area contributed by atoms with E-state index in [-0.39, 0.29) is 0 Å². The third kappa shape index (κ3) is 3.21. The first kappa shape index (κ1) is 14.2. The van der Waals surface area contributed by atoms with E-state index in [1.807, 2.05) is 6.07 Å². The van der Waals surface area contributed by atoms with E-state index in [1.165, 1.54) is 19.3 Å². The number of hydrogen-bond acceptors (Lipinski definition) is 2. The third-order valence-electron chi connectivity index (χ3n) is 4.11. The number of anilines is 1. The topological polar surface area (TPSA) is 55.1 Å². The lowest BCUT2D eigenvalue weighted by Gasteiger charge is -2.36. The Morgan fingerprint density at radius 1 is 1.32 bits per heavy atom. The maximum atomic E-state index is 11.3. The summed E-state index contributed by atoms with van der Waals surface area (Å²) in [6, 6.07) is 5.82. The van der Waals surface area contributed by atoms with Gasteiger partial charge in [0, 0.05) is 11.7 Å². The first-order chi connectivity index (χ1) is 8.99. The number of nitrogens with one attached hydrogen (secondary N) is 1. The predicted octanol–water partition coefficient (Wildman–Crippen LogP) is 3.68. The fraction of sp³-hybridized carbons (Fsp3) is 0.533. The number of nitrogens with two attached hydrogens (primary N) is 1. The highest BCUT2D eigenvalue weighted by atomic mass is 35.5. The van der Waals surface area contributed by atoms with Crippen molar-refractivity contribution in [3.05, 3.63) is 28.8 Å². The van der Waals surface area contributed by atoms with Gasteiger partial charge in [0.2, 0.25) is 5.91 Å². The van der Waals surface area contributed by atoms with Crippen LogP contribution in [0.25, 0.3) is 0 Å². The van der Waals surface area contributed by atoms with Gasteiger partial charge in [-0.15, -0.1) is 0 Å². The number of carbonyl (C=O) groups is 1. The Morgan fingerprint density at radius 3 is 2.53 bits per heavy atom. The maximum Gasteiger partial charge on any atom is 0.250 e. The summed E-state index contributed by atoms with van der Waals surface area (Å²) < 4.78 is 0. The molecule has 2 unspecified atom stereocenters. The second-order valence-electron chi connectivity index (χ2n) is 5.61. The SMILES string of the molecule is CC1CCCC(C)C1Nc1ccc(Cl)c(C(N)=O)c1. The number of rotatable bonds is 3. The molecule has 0 aliphatic heterocycles. The van der Waals surface area contributed by atoms with Crippen LogP contribution >= 0.6 is 11.6 Å². The smallest absolute Gasteiger partial charge is 0.250 e. The molecule has 1 fully saturated rings. The number of primary amides is 1. The molecule has 1 aliphatic rings. The van der Waals surface area contributed by atoms with Crippen molar-refractivity contribution in [2.75, 3.05) is 5.32 Å². The highest BCUT2D eigenvalue weighted by Crippen LogP contribution is 2.32. The van der Waals surface area contributed by atoms with Crippen LogP contribution in [-0.2, 0) is 0 Å². The van der Waals surface area contributed by atoms with Gasteiger partial charge in [0.15, 0.2) is 0 Å². The standard InChI is InChI=1S/C15H21ClN2O/c1-9-4-3-5-10(2)14(9)18-11-6-7-13(16)12(8-11)15(17)19/h6-10,14,18H,3-5H2,1-2H3,(H2,17,19). The van der Waals surface area contributed by atoms with Crippen LogP contribution in [0.15, 0.2) is 18.2 Å². The highest BCUT2D eigenvalue weighted by Gasteiger charge is 2.27. The molecule has 0 heterocycles. The molecular formula is C15H21ClN2O. The van der Waals surface area contributed by atoms with E-state index in [0.29, 0.717) is 28.5 Å². The zero-order valence-electron chi connectivity index (χ0n) is 11.4. The van der Waals surface area contributed by atoms with Crippen LogP contribution in [0.1, 0.15) is 43.5 Å². The van der Waals surface area contributed by atoms with Gasteiger partial charge in [0.05, 0.1) is 10.6 Å². The van der Waals surface area contributed by atoms with Gasteiger partial charge in [-0.1, -0.05) is 31.9 Å². The van der Waals surface area contributed by atoms with Gasteiger partial charge in [-0.2, -0.15) is 0 Å². The van der Waals surface area contributed by atoms with Gasteiger partial charge in [-0.05, 0) is 42.9 Å². The van der Waals surface area contributed by atoms with E-state index < -0.39 is 5.91 Å². The molecule has 2 atom stereocenters. The summed E-state index contributed by atoms with van der Waals surface area (Å²) in [6.45, 7) is 4.55. The quantitative estimate of drug-likeness (QED) is 0.887. The predicted molar refractivity (Wildman–Crippen MR) is 79.6 cm³/mol. The lowest BCUT2D eigenvalue weighted by Crippen LogP contribution is -2.37. The lowest BCUT2D eigenvalue weighted by atomic mass is 9.78. The monoisotopic (exact) mass is 280 g/mol. The van der Waals surface area contributed by atoms with Crippen LogP contribution in [0.5, 0.6) is 0 Å². The molecule has 104 valence electrons. The van der Waals surface area contributed by atoms with Crippen LogP contribution in [0.3, 0.4) is 0 Å². The summed E-state index contributed by atoms with van der Waals surface area (Å²) >= 11 is 5.96. The van der Waals surface area contributed by atoms with Crippen molar-refractivity contribution in [3.63, 3.8) is 0 Å². The average molecular weight is 281 g/mol. The first-order valence-electron chi connectivity index (χ1n) is 6.85. The summed E-state index contributed by atoms with van der Waals surface area (Å²) in [7, 11) is 0. The molecule has 0 bridgehead atoms. The molecule has 1 aromatic carbocycles. The number of carbonyl (C=O) groups excluding carboxylic acids is 1. The largest absolute Gasteiger partial charge is 0.382 e. The van der Waals surface area contributed by atoms with E-state index in [0.717, 1.165) is 5.69 Å². The van der Waals surface area contributed by atoms with E-state index in [9.17, 15) is 4.79 Å². The highest BCUT2D eigenvalue weighted by molar-refractivity contribution is 6.33. The van der Waals surface area contributed by atoms with Gasteiger partial charge in [-0.25, -0.2) is 0 Å². The normalized spacial score (nSPS) is 27.0. The molecule has 1 saturated carbocycles. The Hall–Kier alpha value is -1.22. The minimum Gasteiger partial charge on any atom is -0.382 e. The Morgan fingerprint density at radius 2 is 1.95 bits per heavy atom. The van der Waals surface area contributed by atoms with Crippen molar-refractivity contribution in [1.29, 1.82) is 0 Å². The molecule has 0 saturated heterocycles. The Labute approximate surface area is 119 Å². The molecule has 0 radical (unpaired) electrons. The number of amides is 1. The van der Waals surface area contributed by atoms with Crippen molar-refractivity contribution in [1.82, 2.24) is 0 Å². The van der Waals surface area contributed by atoms with Gasteiger partial charge < -0.3 is 11.1 Å². The average Bonchev–Trinajstić information content (AvgIpc) is 2.35. The van der Waals surface area contributed by atoms with Gasteiger partial charge in [0.1, 0.15) is 0 Å². The van der Waals surface area contributed by atoms with Gasteiger partial charge in [0.25, 0.3) is 0 Å². The lowest BCUT2D eigenvalue weighted by molar-refractivity contribution is 0.100. The molecule has 0 aromatic heterocycles. The summed E-state index contributed by atoms with van der Waals surface area (Å²) in [6.07, 6.45) is 3.80. The second-order valence-corrected chi connectivity index (χ2v) is 6.02. The van der Waals surface area contributed by atoms with E-state index in [4.69, 9.17) is 17.3 Å². The van der Waals surface area contributed by atoms with Gasteiger partial charge >= 0.3 is 0 Å². The number of hydrogen-bond donors (Lipinski definition) is 2. The molecule has 1 aromatic rings. The Bertz CT molecular complexity index is 465. The summed E-state index contributed by atoms with van der Waals surface area (Å²) in [5.41, 5.74) is 6.62. The molecule has 4 heteroatoms. The molecule has 1 amide bonds. The van der Waals surface area contributed by atoms with Crippen molar-refractivity contribution < 1.29 is 4.79 Å². The van der Waals surface area contributed by atoms with Crippen LogP contribution < -0.4 is 11.1 Å². The van der Waals surface area contributed by atoms with E-state index >= 15 is 0 Å². The zero-order chi connectivity index (χ0) is 14.0. The minimum atomic E-state index is -0.488. The first-order valence-corrected chi connectivity index (χ1v) is 7.22. The minimum absolute atomic E-state index is 0.378. The van der Waals surface area contributed by atoms with Crippen LogP contribution in [0.2, 0.25) is 5.02 Å². The molecule has 0 spiro atoms. The van der Waals surface area contributed by atoms with Crippen molar-refractivity contribution in [2.24, 2.45) is 17.6 Å². The van der Waals surface area contributed by atoms with Crippen LogP contribution in [0.4, 0.5) is 5.69 Å². The maximum absolute atomic E-state index is 11.3. The van der Waals surface area contributed by atoms with Crippen molar-refractivity contribution >= 4 is 23.2 Å². The Balaban J connectivity index is 2.18. The van der Waals surface area contributed by atoms with Gasteiger partial charge in [-0.3, -0.25) is 4.79 Å². The number of benzene rings is 1. The fourth-order valence-electron chi connectivity index (χ4n) is 2.96. The molecule has 19 heavy (non-hydrogen) atoms. The molecule has 3 N–H and O–H groups in total. The van der Waals surface area contributed by atoms with Crippen molar-refractivity contribution in [2.45, 2.75) is 39.2 Å². The summed E-state index contributed by atoms with van der Waals surface area (Å²) in [5, 5.41) is 3.94. The van der Waals surface area contributed by atoms with E-state index in [1.54, 1.807) is 12.1 Å². The summed E-state index contributed by atoms with van der Waals surface area (Å²) in [4.78, 5) is 11.3. The fourth-order valence-corrected chi connectivity index (χ4v) is 3.17. The van der Waals surface area contributed by atoms with E-state index in [2.05, 4.69) is 19.2 Å².